The molecule has 2 aliphatic carbocycles. The van der Waals surface area contributed by atoms with Gasteiger partial charge in [-0.25, -0.2) is 25.7 Å². The summed E-state index contributed by atoms with van der Waals surface area (Å²) in [5.74, 6) is 0.671. The highest BCUT2D eigenvalue weighted by atomic mass is 16.7. The lowest BCUT2D eigenvalue weighted by molar-refractivity contribution is -0.135. The molecule has 67 heavy (non-hydrogen) atoms. The van der Waals surface area contributed by atoms with Crippen molar-refractivity contribution in [3.05, 3.63) is 106 Å². The largest absolute Gasteiger partial charge is 0.476 e. The Kier molecular flexibility index (Phi) is 22.5. The number of hydrogen-bond donors (Lipinski definition) is 4. The van der Waals surface area contributed by atoms with Crippen LogP contribution in [-0.2, 0) is 32.5 Å². The fourth-order valence-electron chi connectivity index (χ4n) is 9.03. The molecule has 6 rings (SSSR count). The van der Waals surface area contributed by atoms with Gasteiger partial charge < -0.3 is 24.2 Å². The second-order valence-corrected chi connectivity index (χ2v) is 18.5. The van der Waals surface area contributed by atoms with Gasteiger partial charge in [0.05, 0.1) is 13.2 Å². The molecule has 15 heteroatoms. The van der Waals surface area contributed by atoms with Gasteiger partial charge in [-0.1, -0.05) is 151 Å². The summed E-state index contributed by atoms with van der Waals surface area (Å²) in [6.07, 6.45) is 19.1. The summed E-state index contributed by atoms with van der Waals surface area (Å²) in [6, 6.07) is 19.3. The van der Waals surface area contributed by atoms with Gasteiger partial charge in [0.15, 0.2) is 23.2 Å². The molecule has 2 aromatic heterocycles. The highest BCUT2D eigenvalue weighted by molar-refractivity contribution is 5.93. The number of carboxylic acid groups (broad SMARTS) is 1. The van der Waals surface area contributed by atoms with Gasteiger partial charge in [-0.15, -0.1) is 0 Å². The zero-order valence-corrected chi connectivity index (χ0v) is 40.2. The van der Waals surface area contributed by atoms with Crippen molar-refractivity contribution in [3.63, 3.8) is 0 Å². The number of nitrogens with zero attached hydrogens (tertiary/aromatic N) is 3. The van der Waals surface area contributed by atoms with Gasteiger partial charge in [0.25, 0.3) is 5.91 Å². The van der Waals surface area contributed by atoms with E-state index in [4.69, 9.17) is 18.5 Å². The molecule has 366 valence electrons. The van der Waals surface area contributed by atoms with E-state index in [0.29, 0.717) is 36.4 Å². The number of hydrogen-bond acceptors (Lipinski definition) is 11. The Bertz CT molecular complexity index is 2080. The van der Waals surface area contributed by atoms with E-state index >= 15 is 0 Å². The molecular weight excluding hydrogens is 853 g/mol. The number of amides is 3. The van der Waals surface area contributed by atoms with E-state index in [9.17, 15) is 24.3 Å². The van der Waals surface area contributed by atoms with E-state index in [2.05, 4.69) is 26.2 Å². The van der Waals surface area contributed by atoms with Crippen molar-refractivity contribution in [3.8, 4) is 0 Å². The van der Waals surface area contributed by atoms with Crippen molar-refractivity contribution in [1.29, 1.82) is 0 Å². The second kappa shape index (κ2) is 28.7. The number of aromatic nitrogens is 2. The maximum atomic E-state index is 12.7. The number of hydroxylamine groups is 2. The predicted octanol–water partition coefficient (Wildman–Crippen LogP) is 9.90. The average Bonchev–Trinajstić information content (AvgIpc) is 3.92. The second-order valence-electron chi connectivity index (χ2n) is 18.5. The number of carbonyl (C=O) groups is 4. The molecule has 0 bridgehead atoms. The lowest BCUT2D eigenvalue weighted by Gasteiger charge is -2.22. The number of carboxylic acids is 1. The summed E-state index contributed by atoms with van der Waals surface area (Å²) in [7, 11) is 3.91. The van der Waals surface area contributed by atoms with Crippen LogP contribution < -0.4 is 16.3 Å². The highest BCUT2D eigenvalue weighted by Gasteiger charge is 2.28. The smallest absolute Gasteiger partial charge is 0.358 e. The molecule has 0 spiro atoms. The third kappa shape index (κ3) is 19.0. The Morgan fingerprint density at radius 1 is 0.672 bits per heavy atom. The molecule has 0 radical (unpaired) electrons. The molecule has 2 aromatic carbocycles. The molecule has 4 N–H and O–H groups in total. The van der Waals surface area contributed by atoms with Gasteiger partial charge >= 0.3 is 5.97 Å². The van der Waals surface area contributed by atoms with Crippen molar-refractivity contribution in [1.82, 2.24) is 31.1 Å². The maximum Gasteiger partial charge on any atom is 0.358 e. The van der Waals surface area contributed by atoms with Crippen molar-refractivity contribution < 1.29 is 42.8 Å². The fourth-order valence-corrected chi connectivity index (χ4v) is 9.03. The molecule has 0 unspecified atom stereocenters. The first-order valence-electron chi connectivity index (χ1n) is 24.4. The van der Waals surface area contributed by atoms with E-state index in [1.54, 1.807) is 13.8 Å². The standard InChI is InChI=1S/C28H42N4O4.C24H32N2O5/c1-21-26(27(34)29-17-18-32(2)3)30-28(36-21)24(16-10-15-22-11-6-4-7-12-22)19-25(33)31-35-20-23-13-8-5-9-14-23;1-17-22(24(28)29)25-23(31-17)20(14-8-13-18-9-4-2-5-10-18)15-21(27)26-30-16-19-11-6-3-7-12-19/h5,8-9,13-14,22,24H,4,6-7,10-12,15-20H2,1-3H3,(H,29,34)(H,31,33);3,6-7,11-12,18,20H,2,4-5,8-10,13-16H2,1H3,(H,26,27)(H,28,29)/t24-;20-/m11/s1. The van der Waals surface area contributed by atoms with E-state index in [1.807, 2.05) is 79.7 Å². The van der Waals surface area contributed by atoms with Crippen LogP contribution in [0.3, 0.4) is 0 Å². The molecule has 0 aliphatic heterocycles. The van der Waals surface area contributed by atoms with Crippen molar-refractivity contribution >= 4 is 23.7 Å². The number of nitrogens with one attached hydrogen (secondary N) is 3. The SMILES string of the molecule is Cc1oc([C@H](CCCC2CCCCC2)CC(=O)NOCc2ccccc2)nc1C(=O)NCCN(C)C.Cc1oc([C@H](CCCC2CCCCC2)CC(=O)NOCc2ccccc2)nc1C(=O)O. The number of likely N-dealkylation sites (N-methyl/N-ethyl adjacent to an activating group) is 1. The van der Waals surface area contributed by atoms with Crippen molar-refractivity contribution in [2.45, 2.75) is 154 Å². The monoisotopic (exact) mass is 927 g/mol. The van der Waals surface area contributed by atoms with Gasteiger partial charge in [-0.3, -0.25) is 24.1 Å². The van der Waals surface area contributed by atoms with Crippen molar-refractivity contribution in [2.24, 2.45) is 11.8 Å². The minimum atomic E-state index is -1.12. The van der Waals surface area contributed by atoms with E-state index in [1.165, 1.54) is 64.2 Å². The molecule has 4 aromatic rings. The Balaban J connectivity index is 0.000000254. The minimum Gasteiger partial charge on any atom is -0.476 e. The first-order valence-corrected chi connectivity index (χ1v) is 24.4. The summed E-state index contributed by atoms with van der Waals surface area (Å²) in [4.78, 5) is 70.7. The Morgan fingerprint density at radius 2 is 1.10 bits per heavy atom. The van der Waals surface area contributed by atoms with E-state index < -0.39 is 5.97 Å². The van der Waals surface area contributed by atoms with Gasteiger partial charge in [0.2, 0.25) is 11.8 Å². The van der Waals surface area contributed by atoms with Gasteiger partial charge in [0.1, 0.15) is 11.5 Å². The summed E-state index contributed by atoms with van der Waals surface area (Å²) in [5.41, 5.74) is 7.20. The molecule has 2 fully saturated rings. The van der Waals surface area contributed by atoms with Crippen LogP contribution in [0.4, 0.5) is 0 Å². The number of aryl methyl sites for hydroxylation is 2. The maximum absolute atomic E-state index is 12.7. The van der Waals surface area contributed by atoms with Crippen LogP contribution in [0.25, 0.3) is 0 Å². The highest BCUT2D eigenvalue weighted by Crippen LogP contribution is 2.33. The summed E-state index contributed by atoms with van der Waals surface area (Å²) < 4.78 is 11.6. The minimum absolute atomic E-state index is 0.0898. The van der Waals surface area contributed by atoms with Crippen LogP contribution in [0.5, 0.6) is 0 Å². The first-order chi connectivity index (χ1) is 32.4. The Morgan fingerprint density at radius 3 is 1.52 bits per heavy atom. The fraction of sp³-hybridized carbons (Fsp3) is 0.577. The van der Waals surface area contributed by atoms with Gasteiger partial charge in [-0.2, -0.15) is 0 Å². The first kappa shape index (κ1) is 52.6. The zero-order chi connectivity index (χ0) is 47.8. The van der Waals surface area contributed by atoms with Crippen LogP contribution in [0.15, 0.2) is 69.5 Å². The van der Waals surface area contributed by atoms with Crippen LogP contribution in [0, 0.1) is 25.7 Å². The molecule has 15 nitrogen and oxygen atoms in total. The van der Waals surface area contributed by atoms with Gasteiger partial charge in [0, 0.05) is 37.8 Å². The van der Waals surface area contributed by atoms with Gasteiger partial charge in [-0.05, 0) is 63.7 Å². The molecule has 2 atom stereocenters. The molecule has 2 aliphatic rings. The van der Waals surface area contributed by atoms with Crippen LogP contribution >= 0.6 is 0 Å². The lowest BCUT2D eigenvalue weighted by atomic mass is 9.84. The predicted molar refractivity (Wildman–Crippen MR) is 255 cm³/mol. The molecule has 3 amide bonds. The van der Waals surface area contributed by atoms with Crippen LogP contribution in [0.1, 0.15) is 183 Å². The zero-order valence-electron chi connectivity index (χ0n) is 40.2. The number of aromatic carboxylic acids is 1. The van der Waals surface area contributed by atoms with E-state index in [0.717, 1.165) is 68.0 Å². The molecular formula is C52H74N6O9. The van der Waals surface area contributed by atoms with Crippen LogP contribution in [0.2, 0.25) is 0 Å². The van der Waals surface area contributed by atoms with E-state index in [-0.39, 0.29) is 60.5 Å². The number of rotatable bonds is 25. The lowest BCUT2D eigenvalue weighted by Crippen LogP contribution is -2.31. The quantitative estimate of drug-likeness (QED) is 0.0460. The normalized spacial score (nSPS) is 15.3. The number of oxazole rings is 2. The Labute approximate surface area is 396 Å². The number of benzene rings is 2. The average molecular weight is 927 g/mol. The van der Waals surface area contributed by atoms with Crippen molar-refractivity contribution in [2.75, 3.05) is 27.2 Å². The Hall–Kier alpha value is -5.38. The topological polar surface area (TPSA) is 198 Å². The van der Waals surface area contributed by atoms with Crippen LogP contribution in [-0.4, -0.2) is 70.9 Å². The third-order valence-electron chi connectivity index (χ3n) is 12.8. The summed E-state index contributed by atoms with van der Waals surface area (Å²) in [6.45, 7) is 5.18. The third-order valence-corrected chi connectivity index (χ3v) is 12.8. The summed E-state index contributed by atoms with van der Waals surface area (Å²) >= 11 is 0. The molecule has 0 saturated heterocycles. The molecule has 2 saturated carbocycles. The number of carbonyl (C=O) groups excluding carboxylic acids is 3. The molecule has 2 heterocycles. The summed E-state index contributed by atoms with van der Waals surface area (Å²) in [5, 5.41) is 12.2.